The summed E-state index contributed by atoms with van der Waals surface area (Å²) in [5.74, 6) is 2.20. The van der Waals surface area contributed by atoms with Gasteiger partial charge in [-0.3, -0.25) is 4.79 Å². The van der Waals surface area contributed by atoms with Crippen molar-refractivity contribution in [3.63, 3.8) is 0 Å². The number of carbonyl (C=O) groups excluding carboxylic acids is 1. The number of terminal acetylenes is 1. The largest absolute Gasteiger partial charge is 0.397 e. The minimum Gasteiger partial charge on any atom is -0.397 e. The molecule has 1 unspecified atom stereocenters. The van der Waals surface area contributed by atoms with Gasteiger partial charge in [-0.15, -0.1) is 22.9 Å². The van der Waals surface area contributed by atoms with E-state index in [1.165, 1.54) is 11.3 Å². The van der Waals surface area contributed by atoms with Gasteiger partial charge in [0.2, 0.25) is 0 Å². The second-order valence-electron chi connectivity index (χ2n) is 4.72. The average Bonchev–Trinajstić information content (AvgIpc) is 2.83. The molecule has 2 aromatic rings. The first-order chi connectivity index (χ1) is 10.0. The smallest absolute Gasteiger partial charge is 0.264 e. The monoisotopic (exact) mass is 302 g/mol. The summed E-state index contributed by atoms with van der Waals surface area (Å²) in [5.41, 5.74) is 8.66. The topological polar surface area (TPSA) is 80.9 Å². The second kappa shape index (κ2) is 6.10. The summed E-state index contributed by atoms with van der Waals surface area (Å²) in [6.07, 6.45) is 6.87. The molecule has 0 aliphatic carbocycles. The number of nitrogens with zero attached hydrogens (tertiary/aromatic N) is 2. The molecule has 0 aliphatic rings. The number of carbonyl (C=O) groups is 1. The molecule has 1 amide bonds. The highest BCUT2D eigenvalue weighted by Gasteiger charge is 2.21. The quantitative estimate of drug-likeness (QED) is 0.848. The van der Waals surface area contributed by atoms with Crippen LogP contribution < -0.4 is 11.1 Å². The maximum Gasteiger partial charge on any atom is 0.264 e. The van der Waals surface area contributed by atoms with Gasteiger partial charge in [0, 0.05) is 5.39 Å². The lowest BCUT2D eigenvalue weighted by atomic mass is 10.1. The molecule has 0 radical (unpaired) electrons. The van der Waals surface area contributed by atoms with Crippen molar-refractivity contribution in [1.82, 2.24) is 15.5 Å². The SMILES string of the molecule is C#CC(C)NC(=O)c1sc2nnc(CC)c(CC)c2c1N. The Balaban J connectivity index is 2.56. The maximum atomic E-state index is 12.2. The van der Waals surface area contributed by atoms with E-state index in [-0.39, 0.29) is 11.9 Å². The third-order valence-electron chi connectivity index (χ3n) is 3.33. The fraction of sp³-hybridized carbons (Fsp3) is 0.400. The Hall–Kier alpha value is -2.13. The van der Waals surface area contributed by atoms with Gasteiger partial charge in [0.1, 0.15) is 9.71 Å². The minimum atomic E-state index is -0.343. The summed E-state index contributed by atoms with van der Waals surface area (Å²) in [6.45, 7) is 5.82. The molecule has 110 valence electrons. The van der Waals surface area contributed by atoms with Crippen LogP contribution >= 0.6 is 11.3 Å². The van der Waals surface area contributed by atoms with Crippen molar-refractivity contribution >= 4 is 33.1 Å². The highest BCUT2D eigenvalue weighted by molar-refractivity contribution is 7.21. The van der Waals surface area contributed by atoms with E-state index in [0.717, 1.165) is 29.5 Å². The van der Waals surface area contributed by atoms with Crippen molar-refractivity contribution in [2.45, 2.75) is 39.7 Å². The number of anilines is 1. The van der Waals surface area contributed by atoms with Gasteiger partial charge in [-0.1, -0.05) is 19.8 Å². The lowest BCUT2D eigenvalue weighted by Gasteiger charge is -2.07. The van der Waals surface area contributed by atoms with Crippen LogP contribution in [0.15, 0.2) is 0 Å². The number of aryl methyl sites for hydroxylation is 2. The van der Waals surface area contributed by atoms with E-state index in [9.17, 15) is 4.79 Å². The molecule has 2 aromatic heterocycles. The molecule has 3 N–H and O–H groups in total. The molecular weight excluding hydrogens is 284 g/mol. The highest BCUT2D eigenvalue weighted by atomic mass is 32.1. The van der Waals surface area contributed by atoms with Crippen molar-refractivity contribution in [3.8, 4) is 12.3 Å². The van der Waals surface area contributed by atoms with Gasteiger partial charge in [0.25, 0.3) is 5.91 Å². The number of nitrogens with two attached hydrogens (primary N) is 1. The summed E-state index contributed by atoms with van der Waals surface area (Å²) in [5, 5.41) is 12.0. The first-order valence-electron chi connectivity index (χ1n) is 6.86. The molecule has 0 spiro atoms. The zero-order valence-corrected chi connectivity index (χ0v) is 13.2. The van der Waals surface area contributed by atoms with Crippen molar-refractivity contribution in [2.75, 3.05) is 5.73 Å². The third-order valence-corrected chi connectivity index (χ3v) is 4.42. The lowest BCUT2D eigenvalue weighted by molar-refractivity contribution is 0.0953. The number of nitrogen functional groups attached to an aromatic ring is 1. The molecule has 2 rings (SSSR count). The first-order valence-corrected chi connectivity index (χ1v) is 7.68. The number of hydrogen-bond donors (Lipinski definition) is 2. The van der Waals surface area contributed by atoms with E-state index in [2.05, 4.69) is 21.4 Å². The maximum absolute atomic E-state index is 12.2. The van der Waals surface area contributed by atoms with Crippen molar-refractivity contribution in [1.29, 1.82) is 0 Å². The van der Waals surface area contributed by atoms with Gasteiger partial charge >= 0.3 is 0 Å². The van der Waals surface area contributed by atoms with Gasteiger partial charge < -0.3 is 11.1 Å². The molecule has 0 fully saturated rings. The molecule has 0 bridgehead atoms. The second-order valence-corrected chi connectivity index (χ2v) is 5.72. The molecule has 0 aliphatic heterocycles. The standard InChI is InChI=1S/C15H18N4OS/c1-5-8(4)17-14(20)13-12(16)11-9(6-2)10(7-3)18-19-15(11)21-13/h1,8H,6-7,16H2,2-4H3,(H,17,20). The van der Waals surface area contributed by atoms with Gasteiger partial charge in [0.15, 0.2) is 0 Å². The molecule has 1 atom stereocenters. The predicted octanol–water partition coefficient (Wildman–Crippen LogP) is 2.15. The highest BCUT2D eigenvalue weighted by Crippen LogP contribution is 2.35. The van der Waals surface area contributed by atoms with Gasteiger partial charge in [-0.25, -0.2) is 0 Å². The number of aromatic nitrogens is 2. The summed E-state index contributed by atoms with van der Waals surface area (Å²) >= 11 is 1.25. The molecule has 2 heterocycles. The van der Waals surface area contributed by atoms with E-state index in [1.54, 1.807) is 6.92 Å². The molecule has 21 heavy (non-hydrogen) atoms. The number of fused-ring (bicyclic) bond motifs is 1. The number of thiophene rings is 1. The first kappa shape index (κ1) is 15.3. The van der Waals surface area contributed by atoms with E-state index in [4.69, 9.17) is 12.2 Å². The summed E-state index contributed by atoms with van der Waals surface area (Å²) < 4.78 is 0. The molecule has 0 saturated heterocycles. The van der Waals surface area contributed by atoms with E-state index in [0.29, 0.717) is 15.4 Å². The number of hydrogen-bond acceptors (Lipinski definition) is 5. The van der Waals surface area contributed by atoms with Crippen molar-refractivity contribution < 1.29 is 4.79 Å². The molecule has 0 saturated carbocycles. The van der Waals surface area contributed by atoms with Crippen LogP contribution in [0.3, 0.4) is 0 Å². The Kier molecular flexibility index (Phi) is 4.43. The Bertz CT molecular complexity index is 729. The lowest BCUT2D eigenvalue weighted by Crippen LogP contribution is -2.31. The van der Waals surface area contributed by atoms with Crippen LogP contribution in [0.2, 0.25) is 0 Å². The van der Waals surface area contributed by atoms with Gasteiger partial charge in [-0.05, 0) is 25.3 Å². The van der Waals surface area contributed by atoms with Crippen LogP contribution in [-0.2, 0) is 12.8 Å². The summed E-state index contributed by atoms with van der Waals surface area (Å²) in [7, 11) is 0. The van der Waals surface area contributed by atoms with Crippen LogP contribution in [0.5, 0.6) is 0 Å². The van der Waals surface area contributed by atoms with Crippen LogP contribution in [0.4, 0.5) is 5.69 Å². The Morgan fingerprint density at radius 3 is 2.71 bits per heavy atom. The van der Waals surface area contributed by atoms with E-state index in [1.807, 2.05) is 13.8 Å². The number of nitrogens with one attached hydrogen (secondary N) is 1. The fourth-order valence-electron chi connectivity index (χ4n) is 2.24. The molecule has 0 aromatic carbocycles. The number of rotatable bonds is 4. The van der Waals surface area contributed by atoms with Gasteiger partial charge in [-0.2, -0.15) is 5.10 Å². The van der Waals surface area contributed by atoms with E-state index < -0.39 is 0 Å². The number of amides is 1. The Morgan fingerprint density at radius 2 is 2.14 bits per heavy atom. The van der Waals surface area contributed by atoms with Crippen LogP contribution in [-0.4, -0.2) is 22.1 Å². The van der Waals surface area contributed by atoms with Crippen LogP contribution in [0.1, 0.15) is 41.7 Å². The van der Waals surface area contributed by atoms with Crippen LogP contribution in [0.25, 0.3) is 10.2 Å². The normalized spacial score (nSPS) is 12.1. The minimum absolute atomic E-state index is 0.263. The van der Waals surface area contributed by atoms with E-state index >= 15 is 0 Å². The van der Waals surface area contributed by atoms with Crippen molar-refractivity contribution in [3.05, 3.63) is 16.1 Å². The zero-order valence-electron chi connectivity index (χ0n) is 12.4. The third kappa shape index (κ3) is 2.69. The molecule has 6 heteroatoms. The molecule has 5 nitrogen and oxygen atoms in total. The molecular formula is C15H18N4OS. The predicted molar refractivity (Wildman–Crippen MR) is 86.3 cm³/mol. The average molecular weight is 302 g/mol. The zero-order chi connectivity index (χ0) is 15.6. The van der Waals surface area contributed by atoms with Crippen molar-refractivity contribution in [2.24, 2.45) is 0 Å². The Labute approximate surface area is 127 Å². The van der Waals surface area contributed by atoms with Gasteiger partial charge in [0.05, 0.1) is 17.4 Å². The Morgan fingerprint density at radius 1 is 1.43 bits per heavy atom. The van der Waals surface area contributed by atoms with Crippen LogP contribution in [0, 0.1) is 12.3 Å². The summed E-state index contributed by atoms with van der Waals surface area (Å²) in [6, 6.07) is -0.343. The fourth-order valence-corrected chi connectivity index (χ4v) is 3.22. The summed E-state index contributed by atoms with van der Waals surface area (Å²) in [4.78, 5) is 13.4.